The lowest BCUT2D eigenvalue weighted by Gasteiger charge is -2.36. The van der Waals surface area contributed by atoms with Crippen molar-refractivity contribution in [3.8, 4) is 5.75 Å². The Bertz CT molecular complexity index is 841. The molecule has 0 bridgehead atoms. The second-order valence-electron chi connectivity index (χ2n) is 6.64. The van der Waals surface area contributed by atoms with Crippen molar-refractivity contribution >= 4 is 11.6 Å². The van der Waals surface area contributed by atoms with Gasteiger partial charge < -0.3 is 14.5 Å². The summed E-state index contributed by atoms with van der Waals surface area (Å²) in [5.74, 6) is 0.781. The Morgan fingerprint density at radius 3 is 2.59 bits per heavy atom. The number of benzene rings is 1. The summed E-state index contributed by atoms with van der Waals surface area (Å²) in [6.07, 6.45) is 3.19. The van der Waals surface area contributed by atoms with Gasteiger partial charge in [0, 0.05) is 37.9 Å². The van der Waals surface area contributed by atoms with Crippen molar-refractivity contribution in [2.24, 2.45) is 0 Å². The lowest BCUT2D eigenvalue weighted by Crippen LogP contribution is -2.50. The Labute approximate surface area is 159 Å². The lowest BCUT2D eigenvalue weighted by atomic mass is 10.2. The number of carbonyl (C=O) groups excluding carboxylic acids is 1. The van der Waals surface area contributed by atoms with Crippen molar-refractivity contribution in [2.75, 3.05) is 38.2 Å². The monoisotopic (exact) mass is 370 g/mol. The number of methoxy groups -OCH3 is 1. The average molecular weight is 370 g/mol. The van der Waals surface area contributed by atoms with Crippen LogP contribution in [0.3, 0.4) is 0 Å². The second-order valence-corrected chi connectivity index (χ2v) is 6.64. The number of aryl methyl sites for hydroxylation is 1. The van der Waals surface area contributed by atoms with Gasteiger partial charge in [-0.2, -0.15) is 0 Å². The Morgan fingerprint density at radius 2 is 1.93 bits per heavy atom. The van der Waals surface area contributed by atoms with Crippen LogP contribution in [0.1, 0.15) is 19.0 Å². The molecule has 1 saturated heterocycles. The average Bonchev–Trinajstić information content (AvgIpc) is 2.70. The fourth-order valence-corrected chi connectivity index (χ4v) is 3.31. The predicted octanol–water partition coefficient (Wildman–Crippen LogP) is 1.55. The molecule has 2 heterocycles. The number of nitrogens with zero attached hydrogens (tertiary/aromatic N) is 4. The third-order valence-electron chi connectivity index (χ3n) is 4.81. The number of carbonyl (C=O) groups is 1. The third-order valence-corrected chi connectivity index (χ3v) is 4.81. The van der Waals surface area contributed by atoms with E-state index in [-0.39, 0.29) is 18.0 Å². The minimum absolute atomic E-state index is 0.0346. The van der Waals surface area contributed by atoms with E-state index in [9.17, 15) is 9.59 Å². The molecule has 1 aliphatic rings. The maximum atomic E-state index is 12.6. The van der Waals surface area contributed by atoms with E-state index in [1.807, 2.05) is 31.2 Å². The molecule has 0 saturated carbocycles. The fourth-order valence-electron chi connectivity index (χ4n) is 3.31. The molecule has 0 N–H and O–H groups in total. The highest BCUT2D eigenvalue weighted by atomic mass is 16.5. The van der Waals surface area contributed by atoms with Crippen molar-refractivity contribution in [3.05, 3.63) is 52.7 Å². The first-order valence-corrected chi connectivity index (χ1v) is 9.33. The highest BCUT2D eigenvalue weighted by Crippen LogP contribution is 2.28. The van der Waals surface area contributed by atoms with E-state index in [0.29, 0.717) is 13.1 Å². The van der Waals surface area contributed by atoms with Gasteiger partial charge in [0.15, 0.2) is 0 Å². The first-order chi connectivity index (χ1) is 13.1. The van der Waals surface area contributed by atoms with Gasteiger partial charge in [-0.1, -0.05) is 25.5 Å². The molecule has 1 aromatic carbocycles. The molecule has 1 fully saturated rings. The Morgan fingerprint density at radius 1 is 1.19 bits per heavy atom. The molecule has 7 heteroatoms. The number of amides is 1. The van der Waals surface area contributed by atoms with Gasteiger partial charge >= 0.3 is 0 Å². The van der Waals surface area contributed by atoms with E-state index in [1.165, 1.54) is 17.0 Å². The highest BCUT2D eigenvalue weighted by Gasteiger charge is 2.23. The quantitative estimate of drug-likeness (QED) is 0.772. The zero-order chi connectivity index (χ0) is 19.2. The number of aromatic nitrogens is 2. The van der Waals surface area contributed by atoms with Gasteiger partial charge in [0.1, 0.15) is 12.3 Å². The lowest BCUT2D eigenvalue weighted by molar-refractivity contribution is -0.132. The number of anilines is 1. The van der Waals surface area contributed by atoms with E-state index in [0.717, 1.165) is 43.1 Å². The van der Waals surface area contributed by atoms with Crippen molar-refractivity contribution < 1.29 is 9.53 Å². The van der Waals surface area contributed by atoms with Gasteiger partial charge in [-0.3, -0.25) is 14.2 Å². The minimum Gasteiger partial charge on any atom is -0.495 e. The van der Waals surface area contributed by atoms with E-state index in [2.05, 4.69) is 9.88 Å². The summed E-state index contributed by atoms with van der Waals surface area (Å²) < 4.78 is 6.81. The highest BCUT2D eigenvalue weighted by molar-refractivity contribution is 5.76. The van der Waals surface area contributed by atoms with Crippen LogP contribution in [0.25, 0.3) is 0 Å². The molecule has 0 aliphatic carbocycles. The third kappa shape index (κ3) is 4.48. The summed E-state index contributed by atoms with van der Waals surface area (Å²) in [6, 6.07) is 9.42. The van der Waals surface area contributed by atoms with Crippen molar-refractivity contribution in [3.63, 3.8) is 0 Å². The molecule has 1 aromatic heterocycles. The second kappa shape index (κ2) is 8.70. The topological polar surface area (TPSA) is 67.7 Å². The molecule has 144 valence electrons. The molecule has 0 atom stereocenters. The van der Waals surface area contributed by atoms with Crippen LogP contribution in [0.15, 0.2) is 41.5 Å². The van der Waals surface area contributed by atoms with Crippen LogP contribution < -0.4 is 15.2 Å². The van der Waals surface area contributed by atoms with Crippen LogP contribution >= 0.6 is 0 Å². The van der Waals surface area contributed by atoms with Crippen LogP contribution in [0, 0.1) is 0 Å². The SMILES string of the molecule is CCCc1cc(=O)n(CC(=O)N2CCN(c3ccccc3OC)CC2)cn1. The number of hydrogen-bond acceptors (Lipinski definition) is 5. The van der Waals surface area contributed by atoms with Crippen molar-refractivity contribution in [2.45, 2.75) is 26.3 Å². The van der Waals surface area contributed by atoms with Gasteiger partial charge in [0.25, 0.3) is 5.56 Å². The largest absolute Gasteiger partial charge is 0.495 e. The van der Waals surface area contributed by atoms with Gasteiger partial charge in [0.05, 0.1) is 19.1 Å². The van der Waals surface area contributed by atoms with Crippen LogP contribution in [-0.2, 0) is 17.8 Å². The minimum atomic E-state index is -0.172. The van der Waals surface area contributed by atoms with Crippen LogP contribution in [-0.4, -0.2) is 53.6 Å². The number of rotatable bonds is 6. The predicted molar refractivity (Wildman–Crippen MR) is 104 cm³/mol. The van der Waals surface area contributed by atoms with E-state index in [4.69, 9.17) is 4.74 Å². The summed E-state index contributed by atoms with van der Waals surface area (Å²) in [6.45, 7) is 4.78. The summed E-state index contributed by atoms with van der Waals surface area (Å²) in [7, 11) is 1.66. The molecule has 2 aromatic rings. The number of piperazine rings is 1. The van der Waals surface area contributed by atoms with E-state index >= 15 is 0 Å². The van der Waals surface area contributed by atoms with Crippen molar-refractivity contribution in [1.29, 1.82) is 0 Å². The summed E-state index contributed by atoms with van der Waals surface area (Å²) in [5.41, 5.74) is 1.64. The molecule has 0 spiro atoms. The smallest absolute Gasteiger partial charge is 0.253 e. The summed E-state index contributed by atoms with van der Waals surface area (Å²) >= 11 is 0. The van der Waals surface area contributed by atoms with Crippen LogP contribution in [0.4, 0.5) is 5.69 Å². The van der Waals surface area contributed by atoms with Crippen molar-refractivity contribution in [1.82, 2.24) is 14.5 Å². The number of hydrogen-bond donors (Lipinski definition) is 0. The fraction of sp³-hybridized carbons (Fsp3) is 0.450. The van der Waals surface area contributed by atoms with Gasteiger partial charge in [-0.25, -0.2) is 4.98 Å². The van der Waals surface area contributed by atoms with E-state index < -0.39 is 0 Å². The molecular weight excluding hydrogens is 344 g/mol. The van der Waals surface area contributed by atoms with Gasteiger partial charge in [-0.15, -0.1) is 0 Å². The molecule has 7 nitrogen and oxygen atoms in total. The Hall–Kier alpha value is -2.83. The Kier molecular flexibility index (Phi) is 6.11. The zero-order valence-electron chi connectivity index (χ0n) is 15.9. The van der Waals surface area contributed by atoms with Crippen LogP contribution in [0.5, 0.6) is 5.75 Å². The molecular formula is C20H26N4O3. The van der Waals surface area contributed by atoms with Crippen LogP contribution in [0.2, 0.25) is 0 Å². The number of ether oxygens (including phenoxy) is 1. The molecule has 27 heavy (non-hydrogen) atoms. The zero-order valence-corrected chi connectivity index (χ0v) is 15.9. The molecule has 3 rings (SSSR count). The summed E-state index contributed by atoms with van der Waals surface area (Å²) in [5, 5.41) is 0. The first-order valence-electron chi connectivity index (χ1n) is 9.33. The van der Waals surface area contributed by atoms with E-state index in [1.54, 1.807) is 12.0 Å². The standard InChI is InChI=1S/C20H26N4O3/c1-3-6-16-13-19(25)24(15-21-16)14-20(26)23-11-9-22(10-12-23)17-7-4-5-8-18(17)27-2/h4-5,7-8,13,15H,3,6,9-12,14H2,1-2H3. The molecule has 1 amide bonds. The van der Waals surface area contributed by atoms with Gasteiger partial charge in [-0.05, 0) is 18.6 Å². The molecule has 0 unspecified atom stereocenters. The molecule has 1 aliphatic heterocycles. The first kappa shape index (κ1) is 18.9. The number of para-hydroxylation sites is 2. The Balaban J connectivity index is 1.59. The normalized spacial score (nSPS) is 14.3. The molecule has 0 radical (unpaired) electrons. The maximum absolute atomic E-state index is 12.6. The van der Waals surface area contributed by atoms with Gasteiger partial charge in [0.2, 0.25) is 5.91 Å². The maximum Gasteiger partial charge on any atom is 0.253 e. The summed E-state index contributed by atoms with van der Waals surface area (Å²) in [4.78, 5) is 33.1.